The van der Waals surface area contributed by atoms with Crippen molar-refractivity contribution in [2.75, 3.05) is 7.05 Å². The molecule has 1 saturated carbocycles. The molecule has 2 N–H and O–H groups in total. The van der Waals surface area contributed by atoms with Gasteiger partial charge in [0.1, 0.15) is 11.1 Å². The predicted molar refractivity (Wildman–Crippen MR) is 71.7 cm³/mol. The van der Waals surface area contributed by atoms with Gasteiger partial charge in [0.05, 0.1) is 0 Å². The fraction of sp³-hybridized carbons (Fsp3) is 0.500. The van der Waals surface area contributed by atoms with Crippen molar-refractivity contribution in [1.29, 1.82) is 0 Å². The van der Waals surface area contributed by atoms with Crippen LogP contribution in [-0.2, 0) is 10.3 Å². The van der Waals surface area contributed by atoms with Gasteiger partial charge in [-0.3, -0.25) is 4.79 Å². The molecule has 0 aromatic heterocycles. The van der Waals surface area contributed by atoms with Crippen molar-refractivity contribution in [3.05, 3.63) is 34.9 Å². The first-order chi connectivity index (χ1) is 8.44. The molecule has 4 heteroatoms. The number of hydrogen-bond donors (Lipinski definition) is 2. The Labute approximate surface area is 112 Å². The van der Waals surface area contributed by atoms with Crippen molar-refractivity contribution >= 4 is 17.4 Å². The topological polar surface area (TPSA) is 49.3 Å². The molecule has 1 aromatic carbocycles. The molecule has 0 aliphatic heterocycles. The summed E-state index contributed by atoms with van der Waals surface area (Å²) in [6.45, 7) is 1.58. The highest BCUT2D eigenvalue weighted by Gasteiger charge is 2.51. The SMILES string of the molecule is CN[C@@]1(c2ccccc2Cl)CCC[C@](C)(O)C1=O. The second-order valence-electron chi connectivity index (χ2n) is 5.09. The number of halogens is 1. The fourth-order valence-corrected chi connectivity index (χ4v) is 3.12. The Morgan fingerprint density at radius 2 is 2.00 bits per heavy atom. The first kappa shape index (κ1) is 13.5. The molecular weight excluding hydrogens is 250 g/mol. The number of carbonyl (C=O) groups excluding carboxylic acids is 1. The Bertz CT molecular complexity index is 473. The molecule has 0 radical (unpaired) electrons. The lowest BCUT2D eigenvalue weighted by molar-refractivity contribution is -0.148. The molecule has 0 unspecified atom stereocenters. The maximum atomic E-state index is 12.6. The van der Waals surface area contributed by atoms with Crippen LogP contribution in [0.1, 0.15) is 31.7 Å². The van der Waals surface area contributed by atoms with Crippen LogP contribution >= 0.6 is 11.6 Å². The van der Waals surface area contributed by atoms with E-state index in [1.54, 1.807) is 20.0 Å². The first-order valence-corrected chi connectivity index (χ1v) is 6.53. The zero-order valence-electron chi connectivity index (χ0n) is 10.7. The number of carbonyl (C=O) groups is 1. The Balaban J connectivity index is 2.55. The average Bonchev–Trinajstić information content (AvgIpc) is 2.34. The Kier molecular flexibility index (Phi) is 3.49. The van der Waals surface area contributed by atoms with Gasteiger partial charge < -0.3 is 10.4 Å². The highest BCUT2D eigenvalue weighted by Crippen LogP contribution is 2.41. The standard InChI is InChI=1S/C14H18ClNO2/c1-13(18)8-5-9-14(16-2,12(13)17)10-6-3-4-7-11(10)15/h3-4,6-7,16,18H,5,8-9H2,1-2H3/t13-,14+/m0/s1. The summed E-state index contributed by atoms with van der Waals surface area (Å²) in [5.41, 5.74) is -1.42. The molecule has 1 aliphatic rings. The Morgan fingerprint density at radius 1 is 1.33 bits per heavy atom. The van der Waals surface area contributed by atoms with Gasteiger partial charge in [0.2, 0.25) is 0 Å². The average molecular weight is 268 g/mol. The van der Waals surface area contributed by atoms with Gasteiger partial charge in [0.15, 0.2) is 5.78 Å². The van der Waals surface area contributed by atoms with Crippen LogP contribution in [0.2, 0.25) is 5.02 Å². The van der Waals surface area contributed by atoms with E-state index in [0.717, 1.165) is 12.0 Å². The molecule has 1 fully saturated rings. The third-order valence-corrected chi connectivity index (χ3v) is 4.18. The lowest BCUT2D eigenvalue weighted by Crippen LogP contribution is -2.59. The molecule has 1 aliphatic carbocycles. The number of hydrogen-bond acceptors (Lipinski definition) is 3. The van der Waals surface area contributed by atoms with Crippen LogP contribution in [0.5, 0.6) is 0 Å². The van der Waals surface area contributed by atoms with Crippen molar-refractivity contribution in [2.45, 2.75) is 37.3 Å². The van der Waals surface area contributed by atoms with Crippen LogP contribution in [0, 0.1) is 0 Å². The molecule has 0 bridgehead atoms. The monoisotopic (exact) mass is 267 g/mol. The summed E-state index contributed by atoms with van der Waals surface area (Å²) >= 11 is 6.21. The lowest BCUT2D eigenvalue weighted by atomic mass is 9.69. The summed E-state index contributed by atoms with van der Waals surface area (Å²) in [7, 11) is 1.74. The summed E-state index contributed by atoms with van der Waals surface area (Å²) in [5.74, 6) is -0.197. The third-order valence-electron chi connectivity index (χ3n) is 3.85. The number of benzene rings is 1. The van der Waals surface area contributed by atoms with Gasteiger partial charge in [0, 0.05) is 5.02 Å². The molecule has 0 amide bonds. The number of ketones is 1. The minimum Gasteiger partial charge on any atom is -0.382 e. The molecule has 0 saturated heterocycles. The van der Waals surface area contributed by atoms with Gasteiger partial charge in [-0.2, -0.15) is 0 Å². The zero-order valence-corrected chi connectivity index (χ0v) is 11.4. The van der Waals surface area contributed by atoms with Crippen molar-refractivity contribution in [1.82, 2.24) is 5.32 Å². The molecule has 98 valence electrons. The van der Waals surface area contributed by atoms with Crippen LogP contribution in [0.4, 0.5) is 0 Å². The van der Waals surface area contributed by atoms with Gasteiger partial charge in [-0.15, -0.1) is 0 Å². The highest BCUT2D eigenvalue weighted by atomic mass is 35.5. The molecule has 18 heavy (non-hydrogen) atoms. The van der Waals surface area contributed by atoms with E-state index in [1.165, 1.54) is 0 Å². The second-order valence-corrected chi connectivity index (χ2v) is 5.50. The molecule has 0 spiro atoms. The minimum absolute atomic E-state index is 0.197. The van der Waals surface area contributed by atoms with Gasteiger partial charge in [-0.05, 0) is 44.9 Å². The third kappa shape index (κ3) is 1.96. The van der Waals surface area contributed by atoms with E-state index in [9.17, 15) is 9.90 Å². The van der Waals surface area contributed by atoms with Crippen molar-refractivity contribution in [2.24, 2.45) is 0 Å². The summed E-state index contributed by atoms with van der Waals surface area (Å²) in [6, 6.07) is 7.31. The number of rotatable bonds is 2. The normalized spacial score (nSPS) is 32.6. The summed E-state index contributed by atoms with van der Waals surface area (Å²) < 4.78 is 0. The van der Waals surface area contributed by atoms with Gasteiger partial charge in [0.25, 0.3) is 0 Å². The molecule has 2 atom stereocenters. The molecule has 1 aromatic rings. The van der Waals surface area contributed by atoms with E-state index < -0.39 is 11.1 Å². The molecule has 0 heterocycles. The van der Waals surface area contributed by atoms with Gasteiger partial charge in [-0.25, -0.2) is 0 Å². The smallest absolute Gasteiger partial charge is 0.188 e. The van der Waals surface area contributed by atoms with Crippen molar-refractivity contribution < 1.29 is 9.90 Å². The summed E-state index contributed by atoms with van der Waals surface area (Å²) in [4.78, 5) is 12.6. The number of likely N-dealkylation sites (N-methyl/N-ethyl adjacent to an activating group) is 1. The lowest BCUT2D eigenvalue weighted by Gasteiger charge is -2.42. The maximum Gasteiger partial charge on any atom is 0.188 e. The van der Waals surface area contributed by atoms with E-state index in [-0.39, 0.29) is 5.78 Å². The number of Topliss-reactive ketones (excluding diaryl/α,β-unsaturated/α-hetero) is 1. The molecule has 2 rings (SSSR count). The van der Waals surface area contributed by atoms with Crippen LogP contribution < -0.4 is 5.32 Å². The maximum absolute atomic E-state index is 12.6. The minimum atomic E-state index is -1.29. The largest absolute Gasteiger partial charge is 0.382 e. The van der Waals surface area contributed by atoms with E-state index in [1.807, 2.05) is 18.2 Å². The quantitative estimate of drug-likeness (QED) is 0.864. The van der Waals surface area contributed by atoms with Gasteiger partial charge >= 0.3 is 0 Å². The van der Waals surface area contributed by atoms with Crippen LogP contribution in [0.25, 0.3) is 0 Å². The highest BCUT2D eigenvalue weighted by molar-refractivity contribution is 6.31. The van der Waals surface area contributed by atoms with Crippen molar-refractivity contribution in [3.8, 4) is 0 Å². The zero-order chi connectivity index (χ0) is 13.4. The summed E-state index contributed by atoms with van der Waals surface area (Å²) in [5, 5.41) is 13.9. The fourth-order valence-electron chi connectivity index (χ4n) is 2.82. The number of aliphatic hydroxyl groups is 1. The van der Waals surface area contributed by atoms with Gasteiger partial charge in [-0.1, -0.05) is 29.8 Å². The Morgan fingerprint density at radius 3 is 2.61 bits per heavy atom. The van der Waals surface area contributed by atoms with E-state index in [4.69, 9.17) is 11.6 Å². The van der Waals surface area contributed by atoms with Crippen molar-refractivity contribution in [3.63, 3.8) is 0 Å². The van der Waals surface area contributed by atoms with Crippen LogP contribution in [-0.4, -0.2) is 23.5 Å². The van der Waals surface area contributed by atoms with Crippen LogP contribution in [0.15, 0.2) is 24.3 Å². The van der Waals surface area contributed by atoms with E-state index >= 15 is 0 Å². The van der Waals surface area contributed by atoms with Crippen LogP contribution in [0.3, 0.4) is 0 Å². The predicted octanol–water partition coefficient (Wildman–Crippen LogP) is 2.26. The second kappa shape index (κ2) is 4.65. The molecular formula is C14H18ClNO2. The Hall–Kier alpha value is -0.900. The molecule has 3 nitrogen and oxygen atoms in total. The van der Waals surface area contributed by atoms with E-state index in [0.29, 0.717) is 17.9 Å². The summed E-state index contributed by atoms with van der Waals surface area (Å²) in [6.07, 6.45) is 1.94. The van der Waals surface area contributed by atoms with E-state index in [2.05, 4.69) is 5.32 Å². The first-order valence-electron chi connectivity index (χ1n) is 6.15. The number of nitrogens with one attached hydrogen (secondary N) is 1.